The Labute approximate surface area is 138 Å². The van der Waals surface area contributed by atoms with Gasteiger partial charge in [-0.1, -0.05) is 11.8 Å². The van der Waals surface area contributed by atoms with Crippen LogP contribution in [-0.4, -0.2) is 46.7 Å². The number of nitrogens with one attached hydrogen (secondary N) is 1. The highest BCUT2D eigenvalue weighted by atomic mass is 32.2. The van der Waals surface area contributed by atoms with Gasteiger partial charge in [-0.3, -0.25) is 4.79 Å². The zero-order valence-corrected chi connectivity index (χ0v) is 14.4. The summed E-state index contributed by atoms with van der Waals surface area (Å²) in [6, 6.07) is 1.89. The van der Waals surface area contributed by atoms with Crippen LogP contribution >= 0.6 is 34.9 Å². The summed E-state index contributed by atoms with van der Waals surface area (Å²) in [5.41, 5.74) is 1.03. The Morgan fingerprint density at radius 3 is 3.10 bits per heavy atom. The molecule has 1 aromatic rings. The monoisotopic (exact) mass is 341 g/mol. The zero-order valence-electron chi connectivity index (χ0n) is 12.0. The smallest absolute Gasteiger partial charge is 0.261 e. The van der Waals surface area contributed by atoms with Crippen LogP contribution in [0.2, 0.25) is 0 Å². The highest BCUT2D eigenvalue weighted by Crippen LogP contribution is 2.24. The lowest BCUT2D eigenvalue weighted by Gasteiger charge is -2.20. The number of hydrogen-bond acceptors (Lipinski definition) is 5. The number of carbonyl (C=O) groups excluding carboxylic acids is 1. The van der Waals surface area contributed by atoms with Gasteiger partial charge >= 0.3 is 0 Å². The van der Waals surface area contributed by atoms with Gasteiger partial charge in [0.25, 0.3) is 5.91 Å². The number of carbonyl (C=O) groups is 1. The second kappa shape index (κ2) is 8.74. The van der Waals surface area contributed by atoms with E-state index >= 15 is 0 Å². The molecule has 0 saturated carbocycles. The Kier molecular flexibility index (Phi) is 6.97. The Balaban J connectivity index is 1.90. The lowest BCUT2D eigenvalue weighted by molar-refractivity contribution is 0.0958. The molecule has 1 saturated heterocycles. The minimum absolute atomic E-state index is 0.00511. The molecular formula is C15H19NO2S3. The molecule has 1 aliphatic rings. The van der Waals surface area contributed by atoms with E-state index < -0.39 is 0 Å². The summed E-state index contributed by atoms with van der Waals surface area (Å²) in [6.07, 6.45) is 0.468. The third kappa shape index (κ3) is 5.26. The van der Waals surface area contributed by atoms with E-state index in [1.807, 2.05) is 36.5 Å². The van der Waals surface area contributed by atoms with Crippen molar-refractivity contribution in [2.24, 2.45) is 0 Å². The van der Waals surface area contributed by atoms with Crippen LogP contribution in [0.25, 0.3) is 0 Å². The molecule has 2 N–H and O–H groups in total. The van der Waals surface area contributed by atoms with Gasteiger partial charge in [0.2, 0.25) is 0 Å². The van der Waals surface area contributed by atoms with Crippen LogP contribution in [0.15, 0.2) is 6.07 Å². The maximum Gasteiger partial charge on any atom is 0.261 e. The first-order chi connectivity index (χ1) is 10.2. The van der Waals surface area contributed by atoms with Gasteiger partial charge in [0.15, 0.2) is 0 Å². The highest BCUT2D eigenvalue weighted by Gasteiger charge is 2.17. The van der Waals surface area contributed by atoms with Crippen LogP contribution in [0, 0.1) is 18.8 Å². The topological polar surface area (TPSA) is 49.3 Å². The normalized spacial score (nSPS) is 17.9. The molecule has 1 amide bonds. The number of thioether (sulfide) groups is 2. The van der Waals surface area contributed by atoms with E-state index in [0.29, 0.717) is 16.5 Å². The molecule has 21 heavy (non-hydrogen) atoms. The second-order valence-corrected chi connectivity index (χ2v) is 8.29. The van der Waals surface area contributed by atoms with Crippen LogP contribution in [0.5, 0.6) is 0 Å². The molecule has 0 bridgehead atoms. The quantitative estimate of drug-likeness (QED) is 0.826. The zero-order chi connectivity index (χ0) is 15.1. The van der Waals surface area contributed by atoms with Gasteiger partial charge in [0.1, 0.15) is 0 Å². The summed E-state index contributed by atoms with van der Waals surface area (Å²) in [6.45, 7) is 2.77. The first-order valence-electron chi connectivity index (χ1n) is 6.88. The van der Waals surface area contributed by atoms with Crippen molar-refractivity contribution < 1.29 is 9.90 Å². The van der Waals surface area contributed by atoms with Crippen molar-refractivity contribution in [3.05, 3.63) is 21.4 Å². The second-order valence-electron chi connectivity index (χ2n) is 4.68. The molecule has 0 aromatic carbocycles. The Morgan fingerprint density at radius 1 is 1.52 bits per heavy atom. The van der Waals surface area contributed by atoms with Crippen LogP contribution in [0.4, 0.5) is 0 Å². The first kappa shape index (κ1) is 16.8. The Bertz CT molecular complexity index is 539. The molecule has 2 heterocycles. The lowest BCUT2D eigenvalue weighted by atomic mass is 10.2. The fourth-order valence-corrected chi connectivity index (χ4v) is 5.44. The summed E-state index contributed by atoms with van der Waals surface area (Å²) in [5.74, 6) is 9.42. The van der Waals surface area contributed by atoms with Gasteiger partial charge in [-0.2, -0.15) is 23.5 Å². The van der Waals surface area contributed by atoms with Gasteiger partial charge in [-0.25, -0.2) is 0 Å². The minimum Gasteiger partial charge on any atom is -0.395 e. The third-order valence-corrected chi connectivity index (χ3v) is 6.95. The largest absolute Gasteiger partial charge is 0.395 e. The van der Waals surface area contributed by atoms with E-state index in [0.717, 1.165) is 22.7 Å². The average Bonchev–Trinajstić information content (AvgIpc) is 2.87. The van der Waals surface area contributed by atoms with Crippen molar-refractivity contribution in [3.63, 3.8) is 0 Å². The lowest BCUT2D eigenvalue weighted by Crippen LogP contribution is -2.33. The number of rotatable bonds is 4. The number of aliphatic hydroxyl groups excluding tert-OH is 1. The number of thiophene rings is 1. The molecule has 0 radical (unpaired) electrons. The van der Waals surface area contributed by atoms with E-state index in [4.69, 9.17) is 5.11 Å². The average molecular weight is 342 g/mol. The molecule has 1 aromatic heterocycles. The van der Waals surface area contributed by atoms with E-state index in [1.54, 1.807) is 0 Å². The van der Waals surface area contributed by atoms with Gasteiger partial charge in [0.05, 0.1) is 16.4 Å². The van der Waals surface area contributed by atoms with E-state index in [2.05, 4.69) is 17.2 Å². The number of amides is 1. The van der Waals surface area contributed by atoms with Gasteiger partial charge in [-0.15, -0.1) is 11.3 Å². The van der Waals surface area contributed by atoms with E-state index in [-0.39, 0.29) is 12.5 Å². The van der Waals surface area contributed by atoms with E-state index in [9.17, 15) is 4.79 Å². The van der Waals surface area contributed by atoms with Crippen molar-refractivity contribution in [1.82, 2.24) is 5.32 Å². The summed E-state index contributed by atoms with van der Waals surface area (Å²) in [4.78, 5) is 13.8. The predicted molar refractivity (Wildman–Crippen MR) is 93.5 cm³/mol. The summed E-state index contributed by atoms with van der Waals surface area (Å²) in [5, 5.41) is 12.3. The van der Waals surface area contributed by atoms with Crippen LogP contribution < -0.4 is 5.32 Å². The summed E-state index contributed by atoms with van der Waals surface area (Å²) >= 11 is 5.33. The van der Waals surface area contributed by atoms with Gasteiger partial charge < -0.3 is 10.4 Å². The predicted octanol–water partition coefficient (Wildman–Crippen LogP) is 2.37. The molecule has 1 atom stereocenters. The Hall–Kier alpha value is -0.610. The molecule has 0 aliphatic carbocycles. The maximum atomic E-state index is 12.2. The molecule has 0 spiro atoms. The molecule has 6 heteroatoms. The molecule has 1 unspecified atom stereocenters. The summed E-state index contributed by atoms with van der Waals surface area (Å²) in [7, 11) is 0. The van der Waals surface area contributed by atoms with Crippen molar-refractivity contribution >= 4 is 40.8 Å². The van der Waals surface area contributed by atoms with Crippen molar-refractivity contribution in [2.75, 3.05) is 30.4 Å². The number of hydrogen-bond donors (Lipinski definition) is 2. The van der Waals surface area contributed by atoms with Crippen LogP contribution in [-0.2, 0) is 0 Å². The van der Waals surface area contributed by atoms with Crippen molar-refractivity contribution in [3.8, 4) is 11.8 Å². The minimum atomic E-state index is -0.00511. The molecule has 2 rings (SSSR count). The number of aliphatic hydroxyl groups is 1. The molecular weight excluding hydrogens is 322 g/mol. The molecule has 114 valence electrons. The molecule has 3 nitrogen and oxygen atoms in total. The van der Waals surface area contributed by atoms with Crippen LogP contribution in [0.1, 0.15) is 26.5 Å². The van der Waals surface area contributed by atoms with E-state index in [1.165, 1.54) is 22.8 Å². The fraction of sp³-hybridized carbons (Fsp3) is 0.533. The molecule has 1 aliphatic heterocycles. The SMILES string of the molecule is Cc1cc(C(=O)NCC2CSCCS2)sc1C#CCCO. The Morgan fingerprint density at radius 2 is 2.38 bits per heavy atom. The first-order valence-corrected chi connectivity index (χ1v) is 9.90. The number of aryl methyl sites for hydroxylation is 1. The van der Waals surface area contributed by atoms with Gasteiger partial charge in [-0.05, 0) is 18.6 Å². The van der Waals surface area contributed by atoms with Crippen molar-refractivity contribution in [1.29, 1.82) is 0 Å². The van der Waals surface area contributed by atoms with Crippen molar-refractivity contribution in [2.45, 2.75) is 18.6 Å². The third-order valence-electron chi connectivity index (χ3n) is 2.96. The highest BCUT2D eigenvalue weighted by molar-refractivity contribution is 8.06. The maximum absolute atomic E-state index is 12.2. The van der Waals surface area contributed by atoms with Crippen LogP contribution in [0.3, 0.4) is 0 Å². The molecule has 1 fully saturated rings. The van der Waals surface area contributed by atoms with Gasteiger partial charge in [0, 0.05) is 35.5 Å². The standard InChI is InChI=1S/C15H19NO2S3/c1-11-8-14(21-13(11)4-2-3-5-17)15(18)16-9-12-10-19-6-7-20-12/h8,12,17H,3,5-7,9-10H2,1H3,(H,16,18). The fourth-order valence-electron chi connectivity index (χ4n) is 1.86. The summed E-state index contributed by atoms with van der Waals surface area (Å²) < 4.78 is 0.